The highest BCUT2D eigenvalue weighted by molar-refractivity contribution is 5.93. The molecule has 1 heterocycles. The van der Waals surface area contributed by atoms with Crippen LogP contribution in [0.1, 0.15) is 17.4 Å². The van der Waals surface area contributed by atoms with E-state index in [0.29, 0.717) is 13.1 Å². The summed E-state index contributed by atoms with van der Waals surface area (Å²) in [5.41, 5.74) is 0.212. The summed E-state index contributed by atoms with van der Waals surface area (Å²) in [6.45, 7) is 2.03. The molecule has 0 aliphatic heterocycles. The number of nitrogens with zero attached hydrogens (tertiary/aromatic N) is 1. The van der Waals surface area contributed by atoms with Gasteiger partial charge in [-0.15, -0.1) is 0 Å². The first-order valence-corrected chi connectivity index (χ1v) is 6.01. The Morgan fingerprint density at radius 1 is 1.15 bits per heavy atom. The summed E-state index contributed by atoms with van der Waals surface area (Å²) < 4.78 is 0. The molecule has 1 rings (SSSR count). The Balaban J connectivity index is 2.45. The number of hydrogen-bond donors (Lipinski definition) is 4. The summed E-state index contributed by atoms with van der Waals surface area (Å²) in [6, 6.07) is 4.26. The van der Waals surface area contributed by atoms with E-state index in [2.05, 4.69) is 26.3 Å². The van der Waals surface area contributed by atoms with Crippen LogP contribution in [-0.4, -0.2) is 43.0 Å². The first-order chi connectivity index (χ1) is 9.52. The van der Waals surface area contributed by atoms with Crippen LogP contribution in [0.25, 0.3) is 0 Å². The van der Waals surface area contributed by atoms with Gasteiger partial charge in [-0.3, -0.25) is 14.9 Å². The number of carbonyl (C=O) groups excluding carboxylic acids is 3. The first kappa shape index (κ1) is 15.4. The standard InChI is InChI=1S/C12H17N5O3/c1-8(18)14-6-7-15-12(20)17-10-5-3-4-9(16-10)11(19)13-2/h3-5H,6-7H2,1-2H3,(H,13,19)(H,14,18)(H2,15,16,17,20). The molecule has 0 radical (unpaired) electrons. The molecule has 4 N–H and O–H groups in total. The van der Waals surface area contributed by atoms with Crippen LogP contribution < -0.4 is 21.3 Å². The first-order valence-electron chi connectivity index (χ1n) is 6.01. The number of amides is 4. The number of rotatable bonds is 5. The van der Waals surface area contributed by atoms with E-state index in [0.717, 1.165) is 0 Å². The fourth-order valence-corrected chi connectivity index (χ4v) is 1.33. The number of nitrogens with one attached hydrogen (secondary N) is 4. The predicted octanol–water partition coefficient (Wildman–Crippen LogP) is -0.301. The molecule has 20 heavy (non-hydrogen) atoms. The van der Waals surface area contributed by atoms with Gasteiger partial charge in [0.15, 0.2) is 0 Å². The third kappa shape index (κ3) is 5.34. The van der Waals surface area contributed by atoms with Crippen LogP contribution in [0, 0.1) is 0 Å². The van der Waals surface area contributed by atoms with Crippen molar-refractivity contribution in [3.63, 3.8) is 0 Å². The van der Waals surface area contributed by atoms with Gasteiger partial charge < -0.3 is 16.0 Å². The van der Waals surface area contributed by atoms with Gasteiger partial charge in [0, 0.05) is 27.1 Å². The quantitative estimate of drug-likeness (QED) is 0.554. The number of pyridine rings is 1. The Bertz CT molecular complexity index is 504. The van der Waals surface area contributed by atoms with E-state index in [1.54, 1.807) is 18.2 Å². The van der Waals surface area contributed by atoms with Crippen molar-refractivity contribution in [2.45, 2.75) is 6.92 Å². The summed E-state index contributed by atoms with van der Waals surface area (Å²) >= 11 is 0. The summed E-state index contributed by atoms with van der Waals surface area (Å²) in [7, 11) is 1.50. The lowest BCUT2D eigenvalue weighted by molar-refractivity contribution is -0.118. The zero-order valence-corrected chi connectivity index (χ0v) is 11.3. The normalized spacial score (nSPS) is 9.50. The van der Waals surface area contributed by atoms with Crippen LogP contribution in [0.4, 0.5) is 10.6 Å². The van der Waals surface area contributed by atoms with E-state index in [1.165, 1.54) is 14.0 Å². The summed E-state index contributed by atoms with van der Waals surface area (Å²) in [4.78, 5) is 37.5. The van der Waals surface area contributed by atoms with E-state index in [9.17, 15) is 14.4 Å². The molecule has 0 saturated carbocycles. The second-order valence-electron chi connectivity index (χ2n) is 3.85. The van der Waals surface area contributed by atoms with Crippen molar-refractivity contribution in [1.82, 2.24) is 20.9 Å². The Labute approximate surface area is 116 Å². The van der Waals surface area contributed by atoms with Gasteiger partial charge in [-0.25, -0.2) is 9.78 Å². The Kier molecular flexibility index (Phi) is 5.95. The summed E-state index contributed by atoms with van der Waals surface area (Å²) in [6.07, 6.45) is 0. The lowest BCUT2D eigenvalue weighted by Gasteiger charge is -2.08. The van der Waals surface area contributed by atoms with E-state index in [-0.39, 0.29) is 23.3 Å². The highest BCUT2D eigenvalue weighted by Crippen LogP contribution is 2.04. The van der Waals surface area contributed by atoms with Gasteiger partial charge in [-0.05, 0) is 12.1 Å². The number of carbonyl (C=O) groups is 3. The van der Waals surface area contributed by atoms with Crippen LogP contribution in [0.3, 0.4) is 0 Å². The lowest BCUT2D eigenvalue weighted by Crippen LogP contribution is -2.36. The van der Waals surface area contributed by atoms with Crippen molar-refractivity contribution in [3.05, 3.63) is 23.9 Å². The fourth-order valence-electron chi connectivity index (χ4n) is 1.33. The van der Waals surface area contributed by atoms with E-state index < -0.39 is 6.03 Å². The number of hydrogen-bond acceptors (Lipinski definition) is 4. The van der Waals surface area contributed by atoms with Crippen molar-refractivity contribution in [2.75, 3.05) is 25.5 Å². The minimum Gasteiger partial charge on any atom is -0.355 e. The minimum atomic E-state index is -0.461. The monoisotopic (exact) mass is 279 g/mol. The van der Waals surface area contributed by atoms with E-state index >= 15 is 0 Å². The van der Waals surface area contributed by atoms with Crippen LogP contribution in [-0.2, 0) is 4.79 Å². The average molecular weight is 279 g/mol. The largest absolute Gasteiger partial charge is 0.355 e. The summed E-state index contributed by atoms with van der Waals surface area (Å²) in [5, 5.41) is 10.0. The highest BCUT2D eigenvalue weighted by Gasteiger charge is 2.07. The molecular weight excluding hydrogens is 262 g/mol. The maximum atomic E-state index is 11.5. The van der Waals surface area contributed by atoms with Gasteiger partial charge in [-0.2, -0.15) is 0 Å². The SMILES string of the molecule is CNC(=O)c1cccc(NC(=O)NCCNC(C)=O)n1. The predicted molar refractivity (Wildman–Crippen MR) is 73.3 cm³/mol. The van der Waals surface area contributed by atoms with Gasteiger partial charge in [0.25, 0.3) is 5.91 Å². The van der Waals surface area contributed by atoms with Crippen LogP contribution in [0.5, 0.6) is 0 Å². The van der Waals surface area contributed by atoms with Crippen molar-refractivity contribution < 1.29 is 14.4 Å². The molecule has 1 aromatic rings. The molecule has 8 nitrogen and oxygen atoms in total. The number of anilines is 1. The number of urea groups is 1. The zero-order chi connectivity index (χ0) is 15.0. The molecule has 0 aliphatic rings. The maximum Gasteiger partial charge on any atom is 0.320 e. The molecule has 8 heteroatoms. The molecule has 0 bridgehead atoms. The molecule has 0 aliphatic carbocycles. The molecule has 108 valence electrons. The topological polar surface area (TPSA) is 112 Å². The fraction of sp³-hybridized carbons (Fsp3) is 0.333. The Hall–Kier alpha value is -2.64. The van der Waals surface area contributed by atoms with Gasteiger partial charge in [0.2, 0.25) is 5.91 Å². The Morgan fingerprint density at radius 3 is 2.50 bits per heavy atom. The molecule has 0 unspecified atom stereocenters. The molecular formula is C12H17N5O3. The lowest BCUT2D eigenvalue weighted by atomic mass is 10.3. The third-order valence-corrected chi connectivity index (χ3v) is 2.23. The van der Waals surface area contributed by atoms with Crippen LogP contribution in [0.15, 0.2) is 18.2 Å². The number of aromatic nitrogens is 1. The van der Waals surface area contributed by atoms with Crippen molar-refractivity contribution in [1.29, 1.82) is 0 Å². The van der Waals surface area contributed by atoms with Gasteiger partial charge in [-0.1, -0.05) is 6.07 Å². The second kappa shape index (κ2) is 7.72. The smallest absolute Gasteiger partial charge is 0.320 e. The molecule has 0 atom stereocenters. The van der Waals surface area contributed by atoms with E-state index in [1.807, 2.05) is 0 Å². The van der Waals surface area contributed by atoms with Gasteiger partial charge in [0.05, 0.1) is 0 Å². The van der Waals surface area contributed by atoms with Gasteiger partial charge in [0.1, 0.15) is 11.5 Å². The molecule has 4 amide bonds. The molecule has 0 fully saturated rings. The molecule has 0 spiro atoms. The van der Waals surface area contributed by atoms with E-state index in [4.69, 9.17) is 0 Å². The maximum absolute atomic E-state index is 11.5. The van der Waals surface area contributed by atoms with Crippen molar-refractivity contribution in [2.24, 2.45) is 0 Å². The minimum absolute atomic E-state index is 0.160. The van der Waals surface area contributed by atoms with Crippen molar-refractivity contribution >= 4 is 23.7 Å². The summed E-state index contributed by atoms with van der Waals surface area (Å²) in [5.74, 6) is -0.227. The Morgan fingerprint density at radius 2 is 1.85 bits per heavy atom. The third-order valence-electron chi connectivity index (χ3n) is 2.23. The van der Waals surface area contributed by atoms with Gasteiger partial charge >= 0.3 is 6.03 Å². The zero-order valence-electron chi connectivity index (χ0n) is 11.3. The molecule has 0 saturated heterocycles. The van der Waals surface area contributed by atoms with Crippen molar-refractivity contribution in [3.8, 4) is 0 Å². The van der Waals surface area contributed by atoms with Crippen LogP contribution in [0.2, 0.25) is 0 Å². The molecule has 1 aromatic heterocycles. The second-order valence-corrected chi connectivity index (χ2v) is 3.85. The highest BCUT2D eigenvalue weighted by atomic mass is 16.2. The average Bonchev–Trinajstić information content (AvgIpc) is 2.43. The van der Waals surface area contributed by atoms with Crippen LogP contribution >= 0.6 is 0 Å². The molecule has 0 aromatic carbocycles.